The summed E-state index contributed by atoms with van der Waals surface area (Å²) >= 11 is 0. The van der Waals surface area contributed by atoms with Crippen LogP contribution in [0.2, 0.25) is 0 Å². The Bertz CT molecular complexity index is 436. The third kappa shape index (κ3) is 3.10. The van der Waals surface area contributed by atoms with E-state index in [1.54, 1.807) is 0 Å². The third-order valence-corrected chi connectivity index (χ3v) is 4.36. The van der Waals surface area contributed by atoms with E-state index in [0.717, 1.165) is 43.7 Å². The number of aromatic nitrogens is 2. The lowest BCUT2D eigenvalue weighted by molar-refractivity contribution is 0.273. The van der Waals surface area contributed by atoms with Gasteiger partial charge in [0, 0.05) is 38.4 Å². The summed E-state index contributed by atoms with van der Waals surface area (Å²) in [4.78, 5) is 14.2. The first kappa shape index (κ1) is 13.8. The largest absolute Gasteiger partial charge is 0.354 e. The van der Waals surface area contributed by atoms with Crippen molar-refractivity contribution in [2.75, 3.05) is 37.6 Å². The van der Waals surface area contributed by atoms with Crippen LogP contribution in [0.5, 0.6) is 0 Å². The quantitative estimate of drug-likeness (QED) is 0.896. The van der Waals surface area contributed by atoms with Crippen molar-refractivity contribution >= 4 is 5.82 Å². The first-order chi connectivity index (χ1) is 9.86. The Morgan fingerprint density at radius 3 is 3.05 bits per heavy atom. The molecule has 3 rings (SSSR count). The smallest absolute Gasteiger partial charge is 0.147 e. The molecule has 0 spiro atoms. The zero-order valence-corrected chi connectivity index (χ0v) is 12.4. The molecule has 2 saturated heterocycles. The molecule has 110 valence electrons. The van der Waals surface area contributed by atoms with Gasteiger partial charge in [0.25, 0.3) is 0 Å². The van der Waals surface area contributed by atoms with Crippen molar-refractivity contribution in [3.63, 3.8) is 0 Å². The highest BCUT2D eigenvalue weighted by Gasteiger charge is 2.29. The number of rotatable bonds is 4. The first-order valence-corrected chi connectivity index (χ1v) is 7.87. The van der Waals surface area contributed by atoms with Gasteiger partial charge in [-0.15, -0.1) is 0 Å². The van der Waals surface area contributed by atoms with E-state index in [1.165, 1.54) is 32.4 Å². The van der Waals surface area contributed by atoms with Crippen LogP contribution in [0, 0.1) is 0 Å². The van der Waals surface area contributed by atoms with Gasteiger partial charge in [0.1, 0.15) is 5.82 Å². The van der Waals surface area contributed by atoms with Crippen molar-refractivity contribution in [2.45, 2.75) is 38.8 Å². The first-order valence-electron chi connectivity index (χ1n) is 7.87. The van der Waals surface area contributed by atoms with Gasteiger partial charge in [-0.2, -0.15) is 0 Å². The predicted molar refractivity (Wildman–Crippen MR) is 80.8 cm³/mol. The summed E-state index contributed by atoms with van der Waals surface area (Å²) in [6.45, 7) is 8.62. The molecule has 5 heteroatoms. The number of nitrogens with zero attached hydrogens (tertiary/aromatic N) is 4. The topological polar surface area (TPSA) is 44.3 Å². The molecule has 0 aliphatic carbocycles. The lowest BCUT2D eigenvalue weighted by atomic mass is 10.2. The van der Waals surface area contributed by atoms with Gasteiger partial charge in [0.15, 0.2) is 0 Å². The molecule has 3 heterocycles. The van der Waals surface area contributed by atoms with Gasteiger partial charge in [-0.1, -0.05) is 6.92 Å². The van der Waals surface area contributed by atoms with Crippen LogP contribution in [0.4, 0.5) is 5.82 Å². The molecule has 0 aromatic carbocycles. The molecular formula is C15H25N5. The molecule has 0 bridgehead atoms. The Labute approximate surface area is 121 Å². The van der Waals surface area contributed by atoms with Crippen molar-refractivity contribution < 1.29 is 0 Å². The Kier molecular flexibility index (Phi) is 4.47. The Hall–Kier alpha value is -1.20. The van der Waals surface area contributed by atoms with Crippen LogP contribution in [-0.2, 0) is 6.54 Å². The zero-order valence-electron chi connectivity index (χ0n) is 12.4. The maximum absolute atomic E-state index is 4.77. The molecule has 1 atom stereocenters. The monoisotopic (exact) mass is 275 g/mol. The minimum absolute atomic E-state index is 0.719. The third-order valence-electron chi connectivity index (χ3n) is 4.36. The van der Waals surface area contributed by atoms with Gasteiger partial charge in [-0.25, -0.2) is 4.98 Å². The fourth-order valence-corrected chi connectivity index (χ4v) is 3.30. The second-order valence-electron chi connectivity index (χ2n) is 5.78. The summed E-state index contributed by atoms with van der Waals surface area (Å²) in [7, 11) is 0. The number of anilines is 1. The highest BCUT2D eigenvalue weighted by molar-refractivity contribution is 5.37. The van der Waals surface area contributed by atoms with E-state index < -0.39 is 0 Å². The van der Waals surface area contributed by atoms with Gasteiger partial charge in [-0.3, -0.25) is 9.88 Å². The average Bonchev–Trinajstić information content (AvgIpc) is 2.82. The zero-order chi connectivity index (χ0) is 13.8. The number of fused-ring (bicyclic) bond motifs is 1. The van der Waals surface area contributed by atoms with Crippen LogP contribution < -0.4 is 10.2 Å². The molecule has 1 aromatic rings. The predicted octanol–water partition coefficient (Wildman–Crippen LogP) is 1.26. The van der Waals surface area contributed by atoms with Crippen LogP contribution in [-0.4, -0.2) is 53.6 Å². The number of nitrogens with one attached hydrogen (secondary N) is 1. The van der Waals surface area contributed by atoms with E-state index in [9.17, 15) is 0 Å². The molecular weight excluding hydrogens is 250 g/mol. The van der Waals surface area contributed by atoms with Crippen molar-refractivity contribution in [3.05, 3.63) is 18.1 Å². The van der Waals surface area contributed by atoms with Gasteiger partial charge >= 0.3 is 0 Å². The molecule has 2 aliphatic heterocycles. The van der Waals surface area contributed by atoms with E-state index in [4.69, 9.17) is 4.98 Å². The standard InChI is InChI=1S/C15H25N5/c1-2-16-9-13-10-17-11-15(18-13)20-8-4-7-19-6-3-5-14(19)12-20/h10-11,14,16H,2-9,12H2,1H3. The SMILES string of the molecule is CCNCc1cncc(N2CCCN3CCCC3C2)n1. The molecule has 0 radical (unpaired) electrons. The highest BCUT2D eigenvalue weighted by Crippen LogP contribution is 2.23. The van der Waals surface area contributed by atoms with Gasteiger partial charge < -0.3 is 10.2 Å². The van der Waals surface area contributed by atoms with Crippen molar-refractivity contribution in [1.82, 2.24) is 20.2 Å². The molecule has 2 aliphatic rings. The van der Waals surface area contributed by atoms with Crippen molar-refractivity contribution in [3.8, 4) is 0 Å². The fourth-order valence-electron chi connectivity index (χ4n) is 3.30. The van der Waals surface area contributed by atoms with Crippen molar-refractivity contribution in [1.29, 1.82) is 0 Å². The van der Waals surface area contributed by atoms with Gasteiger partial charge in [0.2, 0.25) is 0 Å². The maximum atomic E-state index is 4.77. The van der Waals surface area contributed by atoms with Gasteiger partial charge in [-0.05, 0) is 32.4 Å². The lowest BCUT2D eigenvalue weighted by Crippen LogP contribution is -2.37. The summed E-state index contributed by atoms with van der Waals surface area (Å²) < 4.78 is 0. The lowest BCUT2D eigenvalue weighted by Gasteiger charge is -2.26. The second kappa shape index (κ2) is 6.50. The number of hydrogen-bond acceptors (Lipinski definition) is 5. The minimum Gasteiger partial charge on any atom is -0.354 e. The Morgan fingerprint density at radius 2 is 2.15 bits per heavy atom. The molecule has 20 heavy (non-hydrogen) atoms. The molecule has 0 amide bonds. The summed E-state index contributed by atoms with van der Waals surface area (Å²) in [6.07, 6.45) is 7.70. The van der Waals surface area contributed by atoms with E-state index >= 15 is 0 Å². The van der Waals surface area contributed by atoms with Crippen LogP contribution in [0.3, 0.4) is 0 Å². The molecule has 5 nitrogen and oxygen atoms in total. The average molecular weight is 275 g/mol. The molecule has 2 fully saturated rings. The summed E-state index contributed by atoms with van der Waals surface area (Å²) in [5, 5.41) is 3.31. The van der Waals surface area contributed by atoms with Gasteiger partial charge in [0.05, 0.1) is 11.9 Å². The highest BCUT2D eigenvalue weighted by atomic mass is 15.3. The second-order valence-corrected chi connectivity index (χ2v) is 5.78. The van der Waals surface area contributed by atoms with E-state index in [-0.39, 0.29) is 0 Å². The summed E-state index contributed by atoms with van der Waals surface area (Å²) in [6, 6.07) is 0.719. The Morgan fingerprint density at radius 1 is 1.25 bits per heavy atom. The maximum Gasteiger partial charge on any atom is 0.147 e. The normalized spacial score (nSPS) is 23.6. The summed E-state index contributed by atoms with van der Waals surface area (Å²) in [5.74, 6) is 1.05. The molecule has 0 saturated carbocycles. The van der Waals surface area contributed by atoms with Crippen LogP contribution in [0.25, 0.3) is 0 Å². The molecule has 1 unspecified atom stereocenters. The van der Waals surface area contributed by atoms with Crippen LogP contribution in [0.15, 0.2) is 12.4 Å². The van der Waals surface area contributed by atoms with Crippen molar-refractivity contribution in [2.24, 2.45) is 0 Å². The van der Waals surface area contributed by atoms with E-state index in [1.807, 2.05) is 12.4 Å². The van der Waals surface area contributed by atoms with Crippen LogP contribution in [0.1, 0.15) is 31.9 Å². The Balaban J connectivity index is 1.70. The van der Waals surface area contributed by atoms with E-state index in [0.29, 0.717) is 0 Å². The molecule has 1 aromatic heterocycles. The molecule has 1 N–H and O–H groups in total. The van der Waals surface area contributed by atoms with Crippen LogP contribution >= 0.6 is 0 Å². The fraction of sp³-hybridized carbons (Fsp3) is 0.733. The summed E-state index contributed by atoms with van der Waals surface area (Å²) in [5.41, 5.74) is 1.04. The van der Waals surface area contributed by atoms with E-state index in [2.05, 4.69) is 27.0 Å². The number of hydrogen-bond donors (Lipinski definition) is 1. The minimum atomic E-state index is 0.719.